The minimum Gasteiger partial charge on any atom is -0.325 e. The van der Waals surface area contributed by atoms with Gasteiger partial charge < -0.3 is 9.88 Å². The largest absolute Gasteiger partial charge is 0.325 e. The Bertz CT molecular complexity index is 1170. The molecule has 1 amide bonds. The summed E-state index contributed by atoms with van der Waals surface area (Å²) in [5.41, 5.74) is 0.440. The number of benzene rings is 1. The summed E-state index contributed by atoms with van der Waals surface area (Å²) < 4.78 is 27.9. The minimum atomic E-state index is -3.56. The van der Waals surface area contributed by atoms with Crippen LogP contribution in [0.4, 0.5) is 5.69 Å². The van der Waals surface area contributed by atoms with Gasteiger partial charge in [0.15, 0.2) is 5.16 Å². The van der Waals surface area contributed by atoms with E-state index in [-0.39, 0.29) is 16.6 Å². The third kappa shape index (κ3) is 5.17. The molecule has 1 aromatic carbocycles. The molecule has 1 N–H and O–H groups in total. The molecule has 3 aromatic rings. The van der Waals surface area contributed by atoms with E-state index in [0.29, 0.717) is 11.7 Å². The van der Waals surface area contributed by atoms with Gasteiger partial charge in [-0.05, 0) is 42.5 Å². The molecule has 2 aromatic heterocycles. The van der Waals surface area contributed by atoms with Crippen molar-refractivity contribution >= 4 is 44.7 Å². The fourth-order valence-electron chi connectivity index (χ4n) is 3.07. The van der Waals surface area contributed by atoms with Crippen molar-refractivity contribution in [2.45, 2.75) is 35.4 Å². The summed E-state index contributed by atoms with van der Waals surface area (Å²) in [5.74, 6) is 0.859. The molecule has 1 saturated carbocycles. The van der Waals surface area contributed by atoms with Gasteiger partial charge in [0.25, 0.3) is 0 Å². The first-order chi connectivity index (χ1) is 14.8. The van der Waals surface area contributed by atoms with Gasteiger partial charge in [-0.25, -0.2) is 12.7 Å². The standard InChI is InChI=1S/C20H23N5O3S3/c1-24(2)31(27,28)17-7-3-5-14(11-17)21-19(26)13-30-20-23-22-18(25(20)15-8-9-15)12-16-6-4-10-29-16/h3-7,10-11,15H,8-9,12-13H2,1-2H3,(H,21,26). The molecule has 8 nitrogen and oxygen atoms in total. The lowest BCUT2D eigenvalue weighted by Crippen LogP contribution is -2.22. The lowest BCUT2D eigenvalue weighted by atomic mass is 10.3. The number of nitrogens with zero attached hydrogens (tertiary/aromatic N) is 4. The van der Waals surface area contributed by atoms with E-state index in [1.54, 1.807) is 23.5 Å². The van der Waals surface area contributed by atoms with Crippen LogP contribution >= 0.6 is 23.1 Å². The summed E-state index contributed by atoms with van der Waals surface area (Å²) in [6.45, 7) is 0. The van der Waals surface area contributed by atoms with E-state index in [4.69, 9.17) is 0 Å². The zero-order chi connectivity index (χ0) is 22.0. The Balaban J connectivity index is 1.41. The number of thiophene rings is 1. The van der Waals surface area contributed by atoms with Crippen molar-refractivity contribution in [2.24, 2.45) is 0 Å². The first-order valence-corrected chi connectivity index (χ1v) is 13.1. The van der Waals surface area contributed by atoms with Crippen LogP contribution in [0.2, 0.25) is 0 Å². The molecule has 0 aliphatic heterocycles. The quantitative estimate of drug-likeness (QED) is 0.475. The van der Waals surface area contributed by atoms with Crippen molar-refractivity contribution in [3.63, 3.8) is 0 Å². The van der Waals surface area contributed by atoms with Crippen molar-refractivity contribution in [2.75, 3.05) is 25.2 Å². The van der Waals surface area contributed by atoms with Crippen LogP contribution in [-0.2, 0) is 21.2 Å². The Labute approximate surface area is 189 Å². The first kappa shape index (κ1) is 22.0. The van der Waals surface area contributed by atoms with Gasteiger partial charge in [-0.15, -0.1) is 21.5 Å². The number of rotatable bonds is 9. The van der Waals surface area contributed by atoms with Crippen LogP contribution in [0.3, 0.4) is 0 Å². The monoisotopic (exact) mass is 477 g/mol. The topological polar surface area (TPSA) is 97.2 Å². The third-order valence-corrected chi connectivity index (χ3v) is 8.42. The summed E-state index contributed by atoms with van der Waals surface area (Å²) in [5, 5.41) is 14.2. The lowest BCUT2D eigenvalue weighted by molar-refractivity contribution is -0.113. The Morgan fingerprint density at radius 3 is 2.74 bits per heavy atom. The molecule has 11 heteroatoms. The molecule has 1 aliphatic rings. The zero-order valence-corrected chi connectivity index (χ0v) is 19.6. The van der Waals surface area contributed by atoms with Crippen molar-refractivity contribution in [1.82, 2.24) is 19.1 Å². The SMILES string of the molecule is CN(C)S(=O)(=O)c1cccc(NC(=O)CSc2nnc(Cc3cccs3)n2C2CC2)c1. The molecule has 0 saturated heterocycles. The third-order valence-electron chi connectivity index (χ3n) is 4.79. The van der Waals surface area contributed by atoms with Gasteiger partial charge in [0.1, 0.15) is 5.82 Å². The second-order valence-electron chi connectivity index (χ2n) is 7.41. The summed E-state index contributed by atoms with van der Waals surface area (Å²) in [7, 11) is -0.617. The summed E-state index contributed by atoms with van der Waals surface area (Å²) in [6.07, 6.45) is 2.94. The van der Waals surface area contributed by atoms with Crippen molar-refractivity contribution in [3.05, 3.63) is 52.5 Å². The second kappa shape index (κ2) is 9.11. The summed E-state index contributed by atoms with van der Waals surface area (Å²) >= 11 is 3.04. The zero-order valence-electron chi connectivity index (χ0n) is 17.2. The Morgan fingerprint density at radius 2 is 2.06 bits per heavy atom. The number of carbonyl (C=O) groups is 1. The molecular formula is C20H23N5O3S3. The fourth-order valence-corrected chi connectivity index (χ4v) is 5.54. The van der Waals surface area contributed by atoms with Crippen molar-refractivity contribution < 1.29 is 13.2 Å². The molecule has 0 spiro atoms. The Hall–Kier alpha value is -2.21. The van der Waals surface area contributed by atoms with Gasteiger partial charge >= 0.3 is 0 Å². The maximum absolute atomic E-state index is 12.5. The van der Waals surface area contributed by atoms with Crippen molar-refractivity contribution in [1.29, 1.82) is 0 Å². The normalized spacial score (nSPS) is 14.2. The highest BCUT2D eigenvalue weighted by molar-refractivity contribution is 7.99. The summed E-state index contributed by atoms with van der Waals surface area (Å²) in [6, 6.07) is 10.8. The first-order valence-electron chi connectivity index (χ1n) is 9.76. The Kier molecular flexibility index (Phi) is 6.47. The Morgan fingerprint density at radius 1 is 1.26 bits per heavy atom. The van der Waals surface area contributed by atoms with Crippen LogP contribution in [0.25, 0.3) is 0 Å². The predicted octanol–water partition coefficient (Wildman–Crippen LogP) is 3.25. The number of aromatic nitrogens is 3. The van der Waals surface area contributed by atoms with Gasteiger partial charge in [0.05, 0.1) is 10.6 Å². The fraction of sp³-hybridized carbons (Fsp3) is 0.350. The van der Waals surface area contributed by atoms with Gasteiger partial charge in [0.2, 0.25) is 15.9 Å². The van der Waals surface area contributed by atoms with E-state index in [9.17, 15) is 13.2 Å². The number of sulfonamides is 1. The highest BCUT2D eigenvalue weighted by Crippen LogP contribution is 2.39. The molecule has 0 unspecified atom stereocenters. The van der Waals surface area contributed by atoms with Gasteiger partial charge in [-0.1, -0.05) is 23.9 Å². The van der Waals surface area contributed by atoms with Gasteiger partial charge in [0, 0.05) is 37.1 Å². The van der Waals surface area contributed by atoms with E-state index >= 15 is 0 Å². The van der Waals surface area contributed by atoms with E-state index < -0.39 is 10.0 Å². The molecule has 164 valence electrons. The summed E-state index contributed by atoms with van der Waals surface area (Å²) in [4.78, 5) is 13.9. The molecule has 2 heterocycles. The van der Waals surface area contributed by atoms with E-state index in [0.717, 1.165) is 34.5 Å². The van der Waals surface area contributed by atoms with E-state index in [1.807, 2.05) is 11.4 Å². The van der Waals surface area contributed by atoms with E-state index in [1.165, 1.54) is 42.9 Å². The average molecular weight is 478 g/mol. The molecular weight excluding hydrogens is 454 g/mol. The number of anilines is 1. The van der Waals surface area contributed by atoms with Crippen LogP contribution in [0.5, 0.6) is 0 Å². The number of amides is 1. The van der Waals surface area contributed by atoms with E-state index in [2.05, 4.69) is 26.1 Å². The number of thioether (sulfide) groups is 1. The van der Waals surface area contributed by atoms with Crippen LogP contribution in [-0.4, -0.2) is 53.2 Å². The van der Waals surface area contributed by atoms with Gasteiger partial charge in [-0.2, -0.15) is 0 Å². The molecule has 31 heavy (non-hydrogen) atoms. The average Bonchev–Trinajstić information content (AvgIpc) is 3.28. The lowest BCUT2D eigenvalue weighted by Gasteiger charge is -2.12. The highest BCUT2D eigenvalue weighted by Gasteiger charge is 2.30. The number of hydrogen-bond acceptors (Lipinski definition) is 7. The minimum absolute atomic E-state index is 0.134. The smallest absolute Gasteiger partial charge is 0.242 e. The molecule has 1 fully saturated rings. The molecule has 1 aliphatic carbocycles. The molecule has 4 rings (SSSR count). The molecule has 0 bridgehead atoms. The van der Waals surface area contributed by atoms with Crippen LogP contribution in [0.15, 0.2) is 51.8 Å². The van der Waals surface area contributed by atoms with Crippen molar-refractivity contribution in [3.8, 4) is 0 Å². The number of nitrogens with one attached hydrogen (secondary N) is 1. The molecule has 0 radical (unpaired) electrons. The van der Waals surface area contributed by atoms with Gasteiger partial charge in [-0.3, -0.25) is 4.79 Å². The maximum atomic E-state index is 12.5. The van der Waals surface area contributed by atoms with Crippen LogP contribution in [0.1, 0.15) is 29.6 Å². The second-order valence-corrected chi connectivity index (χ2v) is 11.5. The van der Waals surface area contributed by atoms with Crippen LogP contribution < -0.4 is 5.32 Å². The molecule has 0 atom stereocenters. The number of hydrogen-bond donors (Lipinski definition) is 1. The highest BCUT2D eigenvalue weighted by atomic mass is 32.2. The number of carbonyl (C=O) groups excluding carboxylic acids is 1. The predicted molar refractivity (Wildman–Crippen MR) is 122 cm³/mol. The maximum Gasteiger partial charge on any atom is 0.242 e. The van der Waals surface area contributed by atoms with Crippen LogP contribution in [0, 0.1) is 0 Å².